The molecule has 2 aromatic heterocycles. The van der Waals surface area contributed by atoms with Crippen LogP contribution in [0.1, 0.15) is 21.1 Å². The highest BCUT2D eigenvalue weighted by atomic mass is 32.1. The van der Waals surface area contributed by atoms with E-state index in [1.807, 2.05) is 0 Å². The van der Waals surface area contributed by atoms with Crippen LogP contribution in [-0.4, -0.2) is 22.2 Å². The monoisotopic (exact) mass is 280 g/mol. The lowest BCUT2D eigenvalue weighted by molar-refractivity contribution is -0.380. The van der Waals surface area contributed by atoms with Crippen LogP contribution in [-0.2, 0) is 0 Å². The molecule has 0 unspecified atom stereocenters. The number of hydrogen-bond donors (Lipinski definition) is 1. The van der Waals surface area contributed by atoms with Crippen molar-refractivity contribution in [3.05, 3.63) is 44.6 Å². The maximum atomic E-state index is 11.5. The first kappa shape index (κ1) is 12.9. The first-order valence-electron chi connectivity index (χ1n) is 5.07. The number of rotatable bonds is 4. The third kappa shape index (κ3) is 3.22. The summed E-state index contributed by atoms with van der Waals surface area (Å²) in [6.07, 6.45) is 1.32. The molecule has 0 radical (unpaired) electrons. The van der Waals surface area contributed by atoms with E-state index in [9.17, 15) is 14.9 Å². The largest absolute Gasteiger partial charge is 0.361 e. The van der Waals surface area contributed by atoms with Crippen molar-refractivity contribution in [2.24, 2.45) is 5.10 Å². The molecular formula is C10H8N4O4S. The number of nitrogens with one attached hydrogen (secondary N) is 1. The Kier molecular flexibility index (Phi) is 3.66. The summed E-state index contributed by atoms with van der Waals surface area (Å²) in [4.78, 5) is 22.0. The number of thiophene rings is 1. The van der Waals surface area contributed by atoms with Crippen LogP contribution in [0.3, 0.4) is 0 Å². The van der Waals surface area contributed by atoms with Crippen molar-refractivity contribution >= 4 is 28.5 Å². The van der Waals surface area contributed by atoms with Gasteiger partial charge in [0.05, 0.1) is 16.0 Å². The summed E-state index contributed by atoms with van der Waals surface area (Å²) >= 11 is 0.959. The lowest BCUT2D eigenvalue weighted by atomic mass is 10.4. The number of aromatic nitrogens is 1. The van der Waals surface area contributed by atoms with Gasteiger partial charge < -0.3 is 4.52 Å². The molecule has 0 spiro atoms. The van der Waals surface area contributed by atoms with Crippen LogP contribution in [0, 0.1) is 17.0 Å². The Labute approximate surface area is 110 Å². The molecule has 0 saturated carbocycles. The van der Waals surface area contributed by atoms with Gasteiger partial charge >= 0.3 is 5.00 Å². The number of carbonyl (C=O) groups excluding carboxylic acids is 1. The number of amides is 1. The van der Waals surface area contributed by atoms with Crippen LogP contribution >= 0.6 is 11.3 Å². The molecule has 1 amide bonds. The van der Waals surface area contributed by atoms with Gasteiger partial charge in [0.15, 0.2) is 5.69 Å². The second kappa shape index (κ2) is 5.40. The molecular weight excluding hydrogens is 272 g/mol. The summed E-state index contributed by atoms with van der Waals surface area (Å²) in [5.41, 5.74) is 2.36. The van der Waals surface area contributed by atoms with E-state index < -0.39 is 10.8 Å². The van der Waals surface area contributed by atoms with Gasteiger partial charge in [-0.15, -0.1) is 0 Å². The molecule has 0 aliphatic carbocycles. The standard InChI is InChI=1S/C10H8N4O4S/c1-6-4-8(13-18-6)10(15)12-11-5-7-2-3-9(19-7)14(16)17/h2-5H,1H3,(H,12,15)/b11-5+. The number of hydrazone groups is 1. The normalized spacial score (nSPS) is 10.8. The Morgan fingerprint density at radius 3 is 3.00 bits per heavy atom. The molecule has 0 aliphatic heterocycles. The average molecular weight is 280 g/mol. The highest BCUT2D eigenvalue weighted by molar-refractivity contribution is 7.16. The lowest BCUT2D eigenvalue weighted by Crippen LogP contribution is -2.17. The topological polar surface area (TPSA) is 111 Å². The SMILES string of the molecule is Cc1cc(C(=O)N/N=C/c2ccc([N+](=O)[O-])s2)no1. The van der Waals surface area contributed by atoms with Gasteiger partial charge in [-0.05, 0) is 13.0 Å². The zero-order valence-corrected chi connectivity index (χ0v) is 10.5. The zero-order chi connectivity index (χ0) is 13.8. The van der Waals surface area contributed by atoms with Crippen molar-refractivity contribution in [1.82, 2.24) is 10.6 Å². The van der Waals surface area contributed by atoms with Gasteiger partial charge in [-0.25, -0.2) is 5.43 Å². The first-order chi connectivity index (χ1) is 9.06. The van der Waals surface area contributed by atoms with E-state index in [4.69, 9.17) is 4.52 Å². The average Bonchev–Trinajstić information content (AvgIpc) is 2.98. The Hall–Kier alpha value is -2.55. The molecule has 2 aromatic rings. The molecule has 2 heterocycles. The molecule has 9 heteroatoms. The fraction of sp³-hybridized carbons (Fsp3) is 0.100. The summed E-state index contributed by atoms with van der Waals surface area (Å²) < 4.78 is 4.74. The molecule has 19 heavy (non-hydrogen) atoms. The van der Waals surface area contributed by atoms with E-state index in [1.165, 1.54) is 18.3 Å². The van der Waals surface area contributed by atoms with E-state index in [0.717, 1.165) is 11.3 Å². The predicted octanol–water partition coefficient (Wildman–Crippen LogP) is 1.72. The van der Waals surface area contributed by atoms with Crippen molar-refractivity contribution in [3.63, 3.8) is 0 Å². The summed E-state index contributed by atoms with van der Waals surface area (Å²) in [7, 11) is 0. The number of nitrogens with zero attached hydrogens (tertiary/aromatic N) is 3. The fourth-order valence-corrected chi connectivity index (χ4v) is 1.89. The van der Waals surface area contributed by atoms with E-state index in [0.29, 0.717) is 10.6 Å². The summed E-state index contributed by atoms with van der Waals surface area (Å²) in [5.74, 6) is 0.00201. The maximum absolute atomic E-state index is 11.5. The van der Waals surface area contributed by atoms with Crippen LogP contribution in [0.25, 0.3) is 0 Å². The van der Waals surface area contributed by atoms with E-state index in [2.05, 4.69) is 15.7 Å². The highest BCUT2D eigenvalue weighted by Crippen LogP contribution is 2.22. The Morgan fingerprint density at radius 1 is 1.63 bits per heavy atom. The molecule has 1 N–H and O–H groups in total. The van der Waals surface area contributed by atoms with Crippen LogP contribution in [0.15, 0.2) is 27.8 Å². The third-order valence-corrected chi connectivity index (χ3v) is 2.98. The molecule has 0 saturated heterocycles. The van der Waals surface area contributed by atoms with Crippen molar-refractivity contribution < 1.29 is 14.2 Å². The maximum Gasteiger partial charge on any atom is 0.324 e. The Bertz CT molecular complexity index is 646. The summed E-state index contributed by atoms with van der Waals surface area (Å²) in [6.45, 7) is 1.66. The predicted molar refractivity (Wildman–Crippen MR) is 67.3 cm³/mol. The minimum Gasteiger partial charge on any atom is -0.361 e. The van der Waals surface area contributed by atoms with Crippen LogP contribution in [0.2, 0.25) is 0 Å². The molecule has 0 aromatic carbocycles. The van der Waals surface area contributed by atoms with Crippen LogP contribution in [0.5, 0.6) is 0 Å². The smallest absolute Gasteiger partial charge is 0.324 e. The number of nitro groups is 1. The summed E-state index contributed by atoms with van der Waals surface area (Å²) in [6, 6.07) is 4.38. The van der Waals surface area contributed by atoms with Crippen molar-refractivity contribution in [3.8, 4) is 0 Å². The minimum atomic E-state index is -0.515. The van der Waals surface area contributed by atoms with Crippen LogP contribution in [0.4, 0.5) is 5.00 Å². The van der Waals surface area contributed by atoms with Crippen molar-refractivity contribution in [1.29, 1.82) is 0 Å². The van der Waals surface area contributed by atoms with Crippen LogP contribution < -0.4 is 5.43 Å². The van der Waals surface area contributed by atoms with Gasteiger partial charge in [-0.2, -0.15) is 5.10 Å². The second-order valence-electron chi connectivity index (χ2n) is 3.46. The Balaban J connectivity index is 1.96. The lowest BCUT2D eigenvalue weighted by Gasteiger charge is -1.92. The van der Waals surface area contributed by atoms with E-state index in [-0.39, 0.29) is 10.7 Å². The van der Waals surface area contributed by atoms with Gasteiger partial charge in [-0.3, -0.25) is 14.9 Å². The van der Waals surface area contributed by atoms with Gasteiger partial charge in [-0.1, -0.05) is 16.5 Å². The zero-order valence-electron chi connectivity index (χ0n) is 9.69. The molecule has 0 aliphatic rings. The molecule has 0 atom stereocenters. The number of hydrogen-bond acceptors (Lipinski definition) is 7. The van der Waals surface area contributed by atoms with Gasteiger partial charge in [0.1, 0.15) is 5.76 Å². The summed E-state index contributed by atoms with van der Waals surface area (Å²) in [5, 5.41) is 17.7. The minimum absolute atomic E-state index is 0.0138. The third-order valence-electron chi connectivity index (χ3n) is 2.01. The number of aryl methyl sites for hydroxylation is 1. The van der Waals surface area contributed by atoms with Crippen molar-refractivity contribution in [2.45, 2.75) is 6.92 Å². The molecule has 0 fully saturated rings. The quantitative estimate of drug-likeness (QED) is 0.520. The van der Waals surface area contributed by atoms with E-state index in [1.54, 1.807) is 13.0 Å². The number of carbonyl (C=O) groups is 1. The van der Waals surface area contributed by atoms with Gasteiger partial charge in [0.25, 0.3) is 5.91 Å². The molecule has 2 rings (SSSR count). The second-order valence-corrected chi connectivity index (χ2v) is 4.55. The molecule has 8 nitrogen and oxygen atoms in total. The molecule has 0 bridgehead atoms. The van der Waals surface area contributed by atoms with Gasteiger partial charge in [0, 0.05) is 12.1 Å². The first-order valence-corrected chi connectivity index (χ1v) is 5.89. The fourth-order valence-electron chi connectivity index (χ4n) is 1.19. The van der Waals surface area contributed by atoms with Gasteiger partial charge in [0.2, 0.25) is 0 Å². The molecule has 98 valence electrons. The highest BCUT2D eigenvalue weighted by Gasteiger charge is 2.10. The Morgan fingerprint density at radius 2 is 2.42 bits per heavy atom. The van der Waals surface area contributed by atoms with Crippen molar-refractivity contribution in [2.75, 3.05) is 0 Å². The van der Waals surface area contributed by atoms with E-state index >= 15 is 0 Å².